The van der Waals surface area contributed by atoms with Crippen molar-refractivity contribution in [1.29, 1.82) is 0 Å². The number of rotatable bonds is 2. The zero-order valence-electron chi connectivity index (χ0n) is 12.1. The van der Waals surface area contributed by atoms with E-state index < -0.39 is 0 Å². The topological polar surface area (TPSA) is 58.5 Å². The molecule has 1 aliphatic heterocycles. The summed E-state index contributed by atoms with van der Waals surface area (Å²) in [6.07, 6.45) is 0. The van der Waals surface area contributed by atoms with E-state index in [0.29, 0.717) is 48.9 Å². The molecule has 0 amide bonds. The average molecular weight is 304 g/mol. The zero-order chi connectivity index (χ0) is 15.7. The maximum absolute atomic E-state index is 14.0. The van der Waals surface area contributed by atoms with Crippen LogP contribution in [0.4, 0.5) is 31.5 Å². The van der Waals surface area contributed by atoms with E-state index in [0.717, 1.165) is 0 Å². The van der Waals surface area contributed by atoms with Gasteiger partial charge in [0.1, 0.15) is 11.6 Å². The third kappa shape index (κ3) is 2.77. The molecule has 6 heteroatoms. The van der Waals surface area contributed by atoms with Crippen LogP contribution in [-0.4, -0.2) is 26.2 Å². The van der Waals surface area contributed by atoms with Gasteiger partial charge in [0.2, 0.25) is 0 Å². The Morgan fingerprint density at radius 1 is 0.682 bits per heavy atom. The summed E-state index contributed by atoms with van der Waals surface area (Å²) in [6, 6.07) is 9.38. The minimum Gasteiger partial charge on any atom is -0.399 e. The van der Waals surface area contributed by atoms with Gasteiger partial charge in [-0.3, -0.25) is 0 Å². The molecule has 2 aromatic carbocycles. The molecule has 3 rings (SSSR count). The van der Waals surface area contributed by atoms with Crippen LogP contribution in [0.5, 0.6) is 0 Å². The predicted octanol–water partition coefficient (Wildman–Crippen LogP) is 2.46. The van der Waals surface area contributed by atoms with Crippen LogP contribution in [0.2, 0.25) is 0 Å². The molecule has 0 spiro atoms. The molecule has 4 nitrogen and oxygen atoms in total. The Balaban J connectivity index is 1.72. The first-order chi connectivity index (χ1) is 10.5. The second kappa shape index (κ2) is 5.71. The van der Waals surface area contributed by atoms with Gasteiger partial charge in [0.25, 0.3) is 0 Å². The van der Waals surface area contributed by atoms with E-state index in [1.807, 2.05) is 9.80 Å². The van der Waals surface area contributed by atoms with Crippen molar-refractivity contribution >= 4 is 22.7 Å². The highest BCUT2D eigenvalue weighted by Gasteiger charge is 2.21. The van der Waals surface area contributed by atoms with E-state index in [-0.39, 0.29) is 11.6 Å². The Hall–Kier alpha value is -2.50. The van der Waals surface area contributed by atoms with E-state index in [1.54, 1.807) is 24.3 Å². The third-order valence-electron chi connectivity index (χ3n) is 3.90. The summed E-state index contributed by atoms with van der Waals surface area (Å²) >= 11 is 0. The third-order valence-corrected chi connectivity index (χ3v) is 3.90. The lowest BCUT2D eigenvalue weighted by Crippen LogP contribution is -2.47. The second-order valence-electron chi connectivity index (χ2n) is 5.40. The fourth-order valence-corrected chi connectivity index (χ4v) is 2.75. The van der Waals surface area contributed by atoms with Gasteiger partial charge in [0.05, 0.1) is 11.4 Å². The highest BCUT2D eigenvalue weighted by Crippen LogP contribution is 2.26. The first kappa shape index (κ1) is 14.4. The van der Waals surface area contributed by atoms with Crippen LogP contribution in [0, 0.1) is 11.6 Å². The number of piperazine rings is 1. The summed E-state index contributed by atoms with van der Waals surface area (Å²) in [5.41, 5.74) is 13.0. The van der Waals surface area contributed by atoms with Gasteiger partial charge in [-0.1, -0.05) is 0 Å². The zero-order valence-corrected chi connectivity index (χ0v) is 12.1. The summed E-state index contributed by atoms with van der Waals surface area (Å²) in [7, 11) is 0. The predicted molar refractivity (Wildman–Crippen MR) is 86.1 cm³/mol. The number of nitrogens with two attached hydrogens (primary N) is 2. The van der Waals surface area contributed by atoms with Crippen LogP contribution in [-0.2, 0) is 0 Å². The van der Waals surface area contributed by atoms with Gasteiger partial charge in [-0.05, 0) is 36.4 Å². The standard InChI is InChI=1S/C16H18F2N4/c17-13-9-11(19)1-3-15(13)21-5-7-22(8-6-21)16-4-2-12(20)10-14(16)18/h1-4,9-10H,5-8,19-20H2. The van der Waals surface area contributed by atoms with E-state index >= 15 is 0 Å². The first-order valence-electron chi connectivity index (χ1n) is 7.14. The van der Waals surface area contributed by atoms with Crippen molar-refractivity contribution in [3.05, 3.63) is 48.0 Å². The molecule has 1 aliphatic rings. The number of hydrogen-bond acceptors (Lipinski definition) is 4. The summed E-state index contributed by atoms with van der Waals surface area (Å²) in [4.78, 5) is 3.89. The van der Waals surface area contributed by atoms with Crippen molar-refractivity contribution in [3.8, 4) is 0 Å². The minimum atomic E-state index is -0.327. The van der Waals surface area contributed by atoms with Crippen LogP contribution in [0.25, 0.3) is 0 Å². The van der Waals surface area contributed by atoms with Crippen LogP contribution in [0.3, 0.4) is 0 Å². The van der Waals surface area contributed by atoms with Crippen LogP contribution >= 0.6 is 0 Å². The van der Waals surface area contributed by atoms with Crippen LogP contribution in [0.15, 0.2) is 36.4 Å². The fraction of sp³-hybridized carbons (Fsp3) is 0.250. The first-order valence-corrected chi connectivity index (χ1v) is 7.14. The van der Waals surface area contributed by atoms with E-state index in [4.69, 9.17) is 11.5 Å². The quantitative estimate of drug-likeness (QED) is 0.837. The van der Waals surface area contributed by atoms with Gasteiger partial charge in [0, 0.05) is 37.6 Å². The maximum atomic E-state index is 14.0. The van der Waals surface area contributed by atoms with Crippen molar-refractivity contribution in [1.82, 2.24) is 0 Å². The monoisotopic (exact) mass is 304 g/mol. The molecule has 0 aromatic heterocycles. The largest absolute Gasteiger partial charge is 0.399 e. The molecule has 116 valence electrons. The lowest BCUT2D eigenvalue weighted by atomic mass is 10.2. The molecule has 0 atom stereocenters. The van der Waals surface area contributed by atoms with Gasteiger partial charge >= 0.3 is 0 Å². The summed E-state index contributed by atoms with van der Waals surface area (Å²) in [6.45, 7) is 2.46. The van der Waals surface area contributed by atoms with Gasteiger partial charge in [-0.15, -0.1) is 0 Å². The van der Waals surface area contributed by atoms with Crippen molar-refractivity contribution in [3.63, 3.8) is 0 Å². The van der Waals surface area contributed by atoms with Crippen molar-refractivity contribution in [2.45, 2.75) is 0 Å². The molecule has 2 aromatic rings. The Morgan fingerprint density at radius 2 is 1.05 bits per heavy atom. The number of benzene rings is 2. The Morgan fingerprint density at radius 3 is 1.36 bits per heavy atom. The number of halogens is 2. The number of hydrogen-bond donors (Lipinski definition) is 2. The molecule has 22 heavy (non-hydrogen) atoms. The molecule has 1 fully saturated rings. The minimum absolute atomic E-state index is 0.327. The summed E-state index contributed by atoms with van der Waals surface area (Å²) in [5.74, 6) is -0.653. The molecule has 0 unspecified atom stereocenters. The fourth-order valence-electron chi connectivity index (χ4n) is 2.75. The normalized spacial score (nSPS) is 15.2. The summed E-state index contributed by atoms with van der Waals surface area (Å²) < 4.78 is 27.9. The van der Waals surface area contributed by atoms with Crippen molar-refractivity contribution in [2.75, 3.05) is 47.4 Å². The second-order valence-corrected chi connectivity index (χ2v) is 5.40. The van der Waals surface area contributed by atoms with E-state index in [9.17, 15) is 8.78 Å². The summed E-state index contributed by atoms with van der Waals surface area (Å²) in [5, 5.41) is 0. The molecule has 0 saturated carbocycles. The van der Waals surface area contributed by atoms with Gasteiger partial charge in [-0.2, -0.15) is 0 Å². The Bertz CT molecular complexity index is 622. The van der Waals surface area contributed by atoms with Crippen LogP contribution < -0.4 is 21.3 Å². The smallest absolute Gasteiger partial charge is 0.148 e. The molecule has 0 bridgehead atoms. The molecule has 1 heterocycles. The molecule has 0 aliphatic carbocycles. The lowest BCUT2D eigenvalue weighted by Gasteiger charge is -2.37. The SMILES string of the molecule is Nc1ccc(N2CCN(c3ccc(N)cc3F)CC2)c(F)c1. The molecule has 1 saturated heterocycles. The number of nitrogens with zero attached hydrogens (tertiary/aromatic N) is 2. The number of anilines is 4. The highest BCUT2D eigenvalue weighted by molar-refractivity contribution is 5.58. The maximum Gasteiger partial charge on any atom is 0.148 e. The average Bonchev–Trinajstić information content (AvgIpc) is 2.48. The molecular weight excluding hydrogens is 286 g/mol. The highest BCUT2D eigenvalue weighted by atomic mass is 19.1. The molecule has 0 radical (unpaired) electrons. The van der Waals surface area contributed by atoms with E-state index in [1.165, 1.54) is 12.1 Å². The Kier molecular flexibility index (Phi) is 3.75. The number of nitrogen functional groups attached to an aromatic ring is 2. The van der Waals surface area contributed by atoms with Gasteiger partial charge < -0.3 is 21.3 Å². The van der Waals surface area contributed by atoms with Gasteiger partial charge in [0.15, 0.2) is 0 Å². The van der Waals surface area contributed by atoms with Crippen molar-refractivity contribution < 1.29 is 8.78 Å². The molecular formula is C16H18F2N4. The molecule has 4 N–H and O–H groups in total. The van der Waals surface area contributed by atoms with Gasteiger partial charge in [-0.25, -0.2) is 8.78 Å². The van der Waals surface area contributed by atoms with E-state index in [2.05, 4.69) is 0 Å². The lowest BCUT2D eigenvalue weighted by molar-refractivity contribution is 0.583. The van der Waals surface area contributed by atoms with Crippen LogP contribution in [0.1, 0.15) is 0 Å². The van der Waals surface area contributed by atoms with Crippen molar-refractivity contribution in [2.24, 2.45) is 0 Å². The Labute approximate surface area is 127 Å².